The fraction of sp³-hybridized carbons (Fsp3) is 0.561. The molecular weight excluding hydrogens is 693 g/mol. The molecule has 1 saturated heterocycles. The molecule has 6 rings (SSSR count). The van der Waals surface area contributed by atoms with Crippen molar-refractivity contribution in [2.24, 2.45) is 0 Å². The molecule has 1 fully saturated rings. The molecule has 0 amide bonds. The number of Topliss-reactive ketones (excluding diaryl/α,β-unsaturated/α-hetero) is 1. The van der Waals surface area contributed by atoms with Gasteiger partial charge < -0.3 is 37.0 Å². The van der Waals surface area contributed by atoms with E-state index in [0.29, 0.717) is 46.8 Å². The minimum Gasteiger partial charge on any atom is -0.510 e. The van der Waals surface area contributed by atoms with E-state index in [1.165, 1.54) is 0 Å². The summed E-state index contributed by atoms with van der Waals surface area (Å²) in [6.45, 7) is 26.0. The zero-order valence-electron chi connectivity index (χ0n) is 33.4. The molecule has 282 valence electrons. The predicted molar refractivity (Wildman–Crippen MR) is 207 cm³/mol. The van der Waals surface area contributed by atoms with Gasteiger partial charge in [0, 0.05) is 33.0 Å². The van der Waals surface area contributed by atoms with Crippen LogP contribution in [0.4, 0.5) is 0 Å². The summed E-state index contributed by atoms with van der Waals surface area (Å²) in [6.07, 6.45) is -1.18. The highest BCUT2D eigenvalue weighted by Gasteiger charge is 2.65. The summed E-state index contributed by atoms with van der Waals surface area (Å²) in [7, 11) is -2.52. The summed E-state index contributed by atoms with van der Waals surface area (Å²) in [4.78, 5) is 27.2. The van der Waals surface area contributed by atoms with E-state index in [4.69, 9.17) is 32.2 Å². The molecule has 0 spiro atoms. The maximum Gasteiger partial charge on any atom is 0.471 e. The Morgan fingerprint density at radius 3 is 2.02 bits per heavy atom. The molecule has 1 aliphatic carbocycles. The minimum atomic E-state index is -3.36. The van der Waals surface area contributed by atoms with E-state index in [1.807, 2.05) is 37.3 Å². The van der Waals surface area contributed by atoms with E-state index in [2.05, 4.69) is 75.4 Å². The standard InChI is InChI=1S/C41H56O9Si2/c1-23-19-26-31-37(30(23)36-29(21-42)47-36)49-52(40(5,6)7,41(8,9)10)50-38(31)33-32(35(26)45-12)27(46-22-24-15-17-25(44-11)18-16-24)20-28(34(33)43)48-51(13,14)39(2,3)4/h15-19,21,27-29,36H,20,22H2,1-14H3/t27-,28-,29+,36-/m0/s1. The van der Waals surface area contributed by atoms with Crippen molar-refractivity contribution in [3.8, 4) is 23.0 Å². The Morgan fingerprint density at radius 2 is 1.50 bits per heavy atom. The van der Waals surface area contributed by atoms with Gasteiger partial charge in [-0.1, -0.05) is 74.4 Å². The van der Waals surface area contributed by atoms with Gasteiger partial charge in [0.1, 0.15) is 41.3 Å². The highest BCUT2D eigenvalue weighted by molar-refractivity contribution is 6.75. The minimum absolute atomic E-state index is 0.133. The summed E-state index contributed by atoms with van der Waals surface area (Å²) >= 11 is 0. The van der Waals surface area contributed by atoms with Crippen LogP contribution in [0.25, 0.3) is 10.8 Å². The lowest BCUT2D eigenvalue weighted by Crippen LogP contribution is -2.63. The molecule has 4 atom stereocenters. The lowest BCUT2D eigenvalue weighted by Gasteiger charge is -2.51. The third kappa shape index (κ3) is 6.20. The maximum absolute atomic E-state index is 15.2. The number of ketones is 1. The summed E-state index contributed by atoms with van der Waals surface area (Å²) < 4.78 is 46.2. The Hall–Kier alpha value is -3.23. The molecule has 0 N–H and O–H groups in total. The average Bonchev–Trinajstić information content (AvgIpc) is 3.83. The average molecular weight is 749 g/mol. The van der Waals surface area contributed by atoms with Crippen LogP contribution < -0.4 is 18.3 Å². The molecule has 9 nitrogen and oxygen atoms in total. The highest BCUT2D eigenvalue weighted by Crippen LogP contribution is 2.63. The normalized spacial score (nSPS) is 22.7. The Bertz CT molecular complexity index is 1880. The van der Waals surface area contributed by atoms with Gasteiger partial charge >= 0.3 is 8.56 Å². The molecular formula is C41H56O9Si2. The van der Waals surface area contributed by atoms with Crippen LogP contribution in [0.5, 0.6) is 23.0 Å². The number of methoxy groups -OCH3 is 2. The fourth-order valence-electron chi connectivity index (χ4n) is 7.84. The van der Waals surface area contributed by atoms with Crippen LogP contribution in [-0.2, 0) is 25.3 Å². The second-order valence-electron chi connectivity index (χ2n) is 18.1. The van der Waals surface area contributed by atoms with Gasteiger partial charge in [-0.15, -0.1) is 0 Å². The van der Waals surface area contributed by atoms with Gasteiger partial charge in [-0.05, 0) is 54.4 Å². The first-order valence-corrected chi connectivity index (χ1v) is 23.0. The number of carbonyl (C=O) groups is 2. The topological polar surface area (TPSA) is 102 Å². The zero-order chi connectivity index (χ0) is 38.3. The van der Waals surface area contributed by atoms with E-state index in [9.17, 15) is 4.79 Å². The number of aryl methyl sites for hydroxylation is 1. The number of hydrogen-bond donors (Lipinski definition) is 0. The lowest BCUT2D eigenvalue weighted by atomic mass is 9.81. The number of epoxide rings is 1. The number of carbonyl (C=O) groups excluding carboxylic acids is 2. The Morgan fingerprint density at radius 1 is 0.885 bits per heavy atom. The number of hydrogen-bond acceptors (Lipinski definition) is 9. The molecule has 0 bridgehead atoms. The van der Waals surface area contributed by atoms with Crippen LogP contribution in [0.15, 0.2) is 30.3 Å². The van der Waals surface area contributed by atoms with Crippen molar-refractivity contribution in [1.29, 1.82) is 0 Å². The van der Waals surface area contributed by atoms with Gasteiger partial charge in [0.25, 0.3) is 0 Å². The van der Waals surface area contributed by atoms with Crippen LogP contribution in [0.1, 0.15) is 114 Å². The Balaban J connectivity index is 1.66. The summed E-state index contributed by atoms with van der Waals surface area (Å²) in [6, 6.07) is 9.83. The van der Waals surface area contributed by atoms with Gasteiger partial charge in [-0.25, -0.2) is 0 Å². The summed E-state index contributed by atoms with van der Waals surface area (Å²) in [5, 5.41) is 0.387. The first-order valence-electron chi connectivity index (χ1n) is 18.3. The molecule has 2 heterocycles. The molecule has 3 aliphatic rings. The molecule has 0 radical (unpaired) electrons. The molecule has 11 heteroatoms. The van der Waals surface area contributed by atoms with Gasteiger partial charge in [0.15, 0.2) is 20.4 Å². The number of aldehydes is 1. The monoisotopic (exact) mass is 748 g/mol. The maximum atomic E-state index is 15.2. The van der Waals surface area contributed by atoms with Crippen molar-refractivity contribution in [1.82, 2.24) is 0 Å². The van der Waals surface area contributed by atoms with Gasteiger partial charge in [0.2, 0.25) is 0 Å². The number of benzene rings is 3. The first kappa shape index (κ1) is 38.5. The quantitative estimate of drug-likeness (QED) is 0.120. The Labute approximate surface area is 311 Å². The van der Waals surface area contributed by atoms with Crippen molar-refractivity contribution in [3.05, 3.63) is 58.1 Å². The second-order valence-corrected chi connectivity index (χ2v) is 27.5. The van der Waals surface area contributed by atoms with Crippen molar-refractivity contribution in [2.75, 3.05) is 14.2 Å². The fourth-order valence-corrected chi connectivity index (χ4v) is 13.6. The van der Waals surface area contributed by atoms with E-state index in [-0.39, 0.29) is 10.8 Å². The largest absolute Gasteiger partial charge is 0.510 e. The smallest absolute Gasteiger partial charge is 0.471 e. The third-order valence-electron chi connectivity index (χ3n) is 11.5. The van der Waals surface area contributed by atoms with E-state index in [1.54, 1.807) is 14.2 Å². The summed E-state index contributed by atoms with van der Waals surface area (Å²) in [5.74, 6) is 2.26. The number of fused-ring (bicyclic) bond motifs is 2. The molecule has 52 heavy (non-hydrogen) atoms. The third-order valence-corrected chi connectivity index (χ3v) is 20.9. The molecule has 0 saturated carbocycles. The van der Waals surface area contributed by atoms with E-state index >= 15 is 4.79 Å². The molecule has 0 aromatic heterocycles. The number of rotatable bonds is 9. The first-order chi connectivity index (χ1) is 24.1. The zero-order valence-corrected chi connectivity index (χ0v) is 35.4. The molecule has 3 aromatic carbocycles. The van der Waals surface area contributed by atoms with Crippen LogP contribution in [0.2, 0.25) is 28.2 Å². The molecule has 3 aromatic rings. The van der Waals surface area contributed by atoms with E-state index < -0.39 is 51.4 Å². The van der Waals surface area contributed by atoms with Gasteiger partial charge in [-0.2, -0.15) is 0 Å². The van der Waals surface area contributed by atoms with Crippen LogP contribution >= 0.6 is 0 Å². The molecule has 0 unspecified atom stereocenters. The lowest BCUT2D eigenvalue weighted by molar-refractivity contribution is -0.108. The Kier molecular flexibility index (Phi) is 9.60. The van der Waals surface area contributed by atoms with Gasteiger partial charge in [0.05, 0.1) is 37.9 Å². The second kappa shape index (κ2) is 13.0. The van der Waals surface area contributed by atoms with Crippen molar-refractivity contribution in [2.45, 2.75) is 135 Å². The van der Waals surface area contributed by atoms with Gasteiger partial charge in [-0.3, -0.25) is 4.79 Å². The number of ether oxygens (including phenoxy) is 4. The predicted octanol–water partition coefficient (Wildman–Crippen LogP) is 9.85. The SMILES string of the molecule is COc1ccc(CO[C@H]2C[C@H](O[Si](C)(C)C(C)(C)C)C(=O)c3c2c(OC)c2cc(C)c([C@H]4O[C@@H]4C=O)c4c2c3O[Si](C(C)(C)C)(C(C)(C)C)O4)cc1. The molecule has 2 aliphatic heterocycles. The van der Waals surface area contributed by atoms with Crippen LogP contribution in [0.3, 0.4) is 0 Å². The summed E-state index contributed by atoms with van der Waals surface area (Å²) in [5.41, 5.74) is 3.78. The van der Waals surface area contributed by atoms with Crippen LogP contribution in [-0.4, -0.2) is 55.4 Å². The van der Waals surface area contributed by atoms with E-state index in [0.717, 1.165) is 34.1 Å². The van der Waals surface area contributed by atoms with Crippen LogP contribution in [0, 0.1) is 6.92 Å². The van der Waals surface area contributed by atoms with Crippen molar-refractivity contribution in [3.63, 3.8) is 0 Å². The highest BCUT2D eigenvalue weighted by atomic mass is 28.4. The van der Waals surface area contributed by atoms with Crippen molar-refractivity contribution < 1.29 is 41.8 Å². The van der Waals surface area contributed by atoms with Crippen molar-refractivity contribution >= 4 is 39.7 Å².